The van der Waals surface area contributed by atoms with Gasteiger partial charge in [-0.3, -0.25) is 4.79 Å². The summed E-state index contributed by atoms with van der Waals surface area (Å²) in [6, 6.07) is 0. The summed E-state index contributed by atoms with van der Waals surface area (Å²) >= 11 is 0. The van der Waals surface area contributed by atoms with E-state index in [4.69, 9.17) is 4.74 Å². The Hall–Kier alpha value is -0.530. The fourth-order valence-electron chi connectivity index (χ4n) is 8.74. The minimum atomic E-state index is 0.124. The topological polar surface area (TPSA) is 26.3 Å². The van der Waals surface area contributed by atoms with Gasteiger partial charge in [-0.15, -0.1) is 0 Å². The summed E-state index contributed by atoms with van der Waals surface area (Å²) in [4.78, 5) is 13.2. The zero-order valence-corrected chi connectivity index (χ0v) is 39.9. The van der Waals surface area contributed by atoms with Gasteiger partial charge in [-0.25, -0.2) is 0 Å². The molecular formula is C54H108O2. The zero-order valence-electron chi connectivity index (χ0n) is 39.9. The normalized spacial score (nSPS) is 12.3. The lowest BCUT2D eigenvalue weighted by molar-refractivity contribution is -0.149. The van der Waals surface area contributed by atoms with Gasteiger partial charge < -0.3 is 4.74 Å². The van der Waals surface area contributed by atoms with Gasteiger partial charge in [-0.1, -0.05) is 298 Å². The van der Waals surface area contributed by atoms with Crippen LogP contribution in [0.2, 0.25) is 0 Å². The molecule has 0 amide bonds. The first-order chi connectivity index (χ1) is 27.5. The minimum absolute atomic E-state index is 0.124. The Balaban J connectivity index is 4.08. The van der Waals surface area contributed by atoms with E-state index in [1.54, 1.807) is 0 Å². The molecule has 0 rings (SSSR count). The van der Waals surface area contributed by atoms with Crippen molar-refractivity contribution in [2.75, 3.05) is 6.61 Å². The molecule has 2 heteroatoms. The molecule has 0 aromatic rings. The van der Waals surface area contributed by atoms with Gasteiger partial charge in [-0.2, -0.15) is 0 Å². The highest BCUT2D eigenvalue weighted by atomic mass is 16.5. The Morgan fingerprint density at radius 3 is 0.768 bits per heavy atom. The number of unbranched alkanes of at least 4 members (excludes halogenated alkanes) is 37. The van der Waals surface area contributed by atoms with Crippen LogP contribution in [0, 0.1) is 17.8 Å². The molecule has 0 fully saturated rings. The lowest BCUT2D eigenvalue weighted by atomic mass is 9.94. The summed E-state index contributed by atoms with van der Waals surface area (Å²) in [6.07, 6.45) is 60.2. The second-order valence-electron chi connectivity index (χ2n) is 19.6. The molecule has 0 aliphatic carbocycles. The Kier molecular flexibility index (Phi) is 46.7. The van der Waals surface area contributed by atoms with Crippen LogP contribution < -0.4 is 0 Å². The van der Waals surface area contributed by atoms with Crippen LogP contribution in [0.3, 0.4) is 0 Å². The molecule has 0 bridgehead atoms. The maximum Gasteiger partial charge on any atom is 0.308 e. The van der Waals surface area contributed by atoms with Gasteiger partial charge in [0, 0.05) is 0 Å². The van der Waals surface area contributed by atoms with E-state index in [-0.39, 0.29) is 11.9 Å². The van der Waals surface area contributed by atoms with Crippen molar-refractivity contribution in [3.8, 4) is 0 Å². The van der Waals surface area contributed by atoms with Crippen LogP contribution in [0.25, 0.3) is 0 Å². The predicted octanol–water partition coefficient (Wildman–Crippen LogP) is 19.6. The van der Waals surface area contributed by atoms with Crippen molar-refractivity contribution < 1.29 is 9.53 Å². The molecule has 0 aliphatic heterocycles. The van der Waals surface area contributed by atoms with Crippen molar-refractivity contribution in [1.82, 2.24) is 0 Å². The summed E-state index contributed by atoms with van der Waals surface area (Å²) < 4.78 is 5.93. The maximum absolute atomic E-state index is 13.2. The number of carbonyl (C=O) groups is 1. The highest BCUT2D eigenvalue weighted by Crippen LogP contribution is 2.22. The zero-order chi connectivity index (χ0) is 40.8. The number of ether oxygens (including phenoxy) is 1. The number of hydrogen-bond donors (Lipinski definition) is 0. The molecule has 0 aromatic carbocycles. The van der Waals surface area contributed by atoms with E-state index in [2.05, 4.69) is 34.6 Å². The second-order valence-corrected chi connectivity index (χ2v) is 19.6. The molecule has 1 unspecified atom stereocenters. The first-order valence-electron chi connectivity index (χ1n) is 26.6. The van der Waals surface area contributed by atoms with Crippen LogP contribution >= 0.6 is 0 Å². The first-order valence-corrected chi connectivity index (χ1v) is 26.6. The number of rotatable bonds is 48. The van der Waals surface area contributed by atoms with E-state index in [0.29, 0.717) is 6.61 Å². The standard InChI is InChI=1S/C54H108O2/c1-6-7-8-9-10-11-12-13-14-15-16-17-18-23-28-33-38-43-48-53(49-44-39-34-29-24-19-21-26-31-36-41-46-51(2)3)54(55)56-50-45-40-35-30-25-20-22-27-32-37-42-47-52(4)5/h51-53H,6-50H2,1-5H3. The van der Waals surface area contributed by atoms with E-state index in [0.717, 1.165) is 31.1 Å². The van der Waals surface area contributed by atoms with Crippen LogP contribution in [-0.2, 0) is 9.53 Å². The van der Waals surface area contributed by atoms with Gasteiger partial charge >= 0.3 is 5.97 Å². The Bertz CT molecular complexity index is 728. The first kappa shape index (κ1) is 55.5. The fourth-order valence-corrected chi connectivity index (χ4v) is 8.74. The van der Waals surface area contributed by atoms with E-state index < -0.39 is 0 Å². The molecule has 336 valence electrons. The third-order valence-electron chi connectivity index (χ3n) is 12.7. The average Bonchev–Trinajstić information content (AvgIpc) is 3.18. The molecule has 0 aromatic heterocycles. The van der Waals surface area contributed by atoms with Crippen LogP contribution in [0.4, 0.5) is 0 Å². The van der Waals surface area contributed by atoms with Crippen molar-refractivity contribution in [2.24, 2.45) is 17.8 Å². The summed E-state index contributed by atoms with van der Waals surface area (Å²) in [7, 11) is 0. The van der Waals surface area contributed by atoms with Crippen molar-refractivity contribution in [3.05, 3.63) is 0 Å². The van der Waals surface area contributed by atoms with E-state index in [9.17, 15) is 4.79 Å². The van der Waals surface area contributed by atoms with Crippen molar-refractivity contribution >= 4 is 5.97 Å². The second kappa shape index (κ2) is 47.2. The molecule has 0 saturated carbocycles. The van der Waals surface area contributed by atoms with Crippen LogP contribution in [0.5, 0.6) is 0 Å². The monoisotopic (exact) mass is 789 g/mol. The smallest absolute Gasteiger partial charge is 0.308 e. The van der Waals surface area contributed by atoms with Gasteiger partial charge in [0.25, 0.3) is 0 Å². The molecule has 2 nitrogen and oxygen atoms in total. The molecular weight excluding hydrogens is 681 g/mol. The fraction of sp³-hybridized carbons (Fsp3) is 0.981. The van der Waals surface area contributed by atoms with Gasteiger partial charge in [0.1, 0.15) is 0 Å². The van der Waals surface area contributed by atoms with Gasteiger partial charge in [0.05, 0.1) is 12.5 Å². The SMILES string of the molecule is CCCCCCCCCCCCCCCCCCCCC(CCCCCCCCCCCCCC(C)C)C(=O)OCCCCCCCCCCCCCC(C)C. The van der Waals surface area contributed by atoms with E-state index in [1.165, 1.54) is 263 Å². The third-order valence-corrected chi connectivity index (χ3v) is 12.7. The average molecular weight is 789 g/mol. The Morgan fingerprint density at radius 2 is 0.518 bits per heavy atom. The van der Waals surface area contributed by atoms with Crippen LogP contribution in [0.15, 0.2) is 0 Å². The van der Waals surface area contributed by atoms with Crippen molar-refractivity contribution in [1.29, 1.82) is 0 Å². The maximum atomic E-state index is 13.2. The highest BCUT2D eigenvalue weighted by Gasteiger charge is 2.19. The van der Waals surface area contributed by atoms with Crippen molar-refractivity contribution in [3.63, 3.8) is 0 Å². The summed E-state index contributed by atoms with van der Waals surface area (Å²) in [5.74, 6) is 1.99. The third kappa shape index (κ3) is 46.2. The Labute approximate surface area is 355 Å². The van der Waals surface area contributed by atoms with Gasteiger partial charge in [0.2, 0.25) is 0 Å². The summed E-state index contributed by atoms with van der Waals surface area (Å²) in [5.41, 5.74) is 0. The molecule has 1 atom stereocenters. The molecule has 0 aliphatic rings. The van der Waals surface area contributed by atoms with E-state index >= 15 is 0 Å². The molecule has 0 N–H and O–H groups in total. The quantitative estimate of drug-likeness (QED) is 0.0453. The predicted molar refractivity (Wildman–Crippen MR) is 253 cm³/mol. The molecule has 56 heavy (non-hydrogen) atoms. The summed E-state index contributed by atoms with van der Waals surface area (Å²) in [5, 5.41) is 0. The van der Waals surface area contributed by atoms with Crippen LogP contribution in [0.1, 0.15) is 317 Å². The molecule has 0 spiro atoms. The number of carbonyl (C=O) groups excluding carboxylic acids is 1. The molecule has 0 heterocycles. The van der Waals surface area contributed by atoms with Gasteiger partial charge in [0.15, 0.2) is 0 Å². The molecule has 0 radical (unpaired) electrons. The number of esters is 1. The number of hydrogen-bond acceptors (Lipinski definition) is 2. The lowest BCUT2D eigenvalue weighted by Crippen LogP contribution is -2.18. The lowest BCUT2D eigenvalue weighted by Gasteiger charge is -2.16. The minimum Gasteiger partial charge on any atom is -0.465 e. The van der Waals surface area contributed by atoms with Crippen LogP contribution in [-0.4, -0.2) is 12.6 Å². The van der Waals surface area contributed by atoms with E-state index in [1.807, 2.05) is 0 Å². The van der Waals surface area contributed by atoms with Gasteiger partial charge in [-0.05, 0) is 31.1 Å². The molecule has 0 saturated heterocycles. The summed E-state index contributed by atoms with van der Waals surface area (Å²) in [6.45, 7) is 12.3. The Morgan fingerprint density at radius 1 is 0.304 bits per heavy atom. The van der Waals surface area contributed by atoms with Crippen molar-refractivity contribution in [2.45, 2.75) is 317 Å². The largest absolute Gasteiger partial charge is 0.465 e. The highest BCUT2D eigenvalue weighted by molar-refractivity contribution is 5.72.